The van der Waals surface area contributed by atoms with Gasteiger partial charge in [0.15, 0.2) is 5.69 Å². The van der Waals surface area contributed by atoms with Crippen molar-refractivity contribution in [3.05, 3.63) is 40.8 Å². The summed E-state index contributed by atoms with van der Waals surface area (Å²) in [5, 5.41) is 19.2. The van der Waals surface area contributed by atoms with Crippen molar-refractivity contribution in [1.29, 1.82) is 0 Å². The Bertz CT molecular complexity index is 699. The number of nitrogens with zero attached hydrogens (tertiary/aromatic N) is 2. The average molecular weight is 346 g/mol. The van der Waals surface area contributed by atoms with E-state index < -0.39 is 6.10 Å². The largest absolute Gasteiger partial charge is 0.389 e. The van der Waals surface area contributed by atoms with Crippen LogP contribution in [0, 0.1) is 0 Å². The van der Waals surface area contributed by atoms with Crippen LogP contribution in [0.5, 0.6) is 0 Å². The molecule has 0 bridgehead atoms. The first-order valence-corrected chi connectivity index (χ1v) is 8.48. The molecule has 0 spiro atoms. The minimum atomic E-state index is -0.715. The molecular weight excluding hydrogens is 320 g/mol. The lowest BCUT2D eigenvalue weighted by Gasteiger charge is -2.06. The second kappa shape index (κ2) is 8.62. The van der Waals surface area contributed by atoms with Crippen LogP contribution in [0.3, 0.4) is 0 Å². The van der Waals surface area contributed by atoms with E-state index in [-0.39, 0.29) is 36.3 Å². The average Bonchev–Trinajstić information content (AvgIpc) is 2.90. The van der Waals surface area contributed by atoms with E-state index in [4.69, 9.17) is 0 Å². The van der Waals surface area contributed by atoms with E-state index in [2.05, 4.69) is 35.7 Å². The molecule has 2 amide bonds. The van der Waals surface area contributed by atoms with Crippen LogP contribution in [0.4, 0.5) is 0 Å². The number of carbonyl (C=O) groups excluding carboxylic acids is 2. The molecule has 1 unspecified atom stereocenters. The summed E-state index contributed by atoms with van der Waals surface area (Å²) in [6.07, 6.45) is 5.40. The minimum Gasteiger partial charge on any atom is -0.389 e. The molecule has 0 aromatic carbocycles. The van der Waals surface area contributed by atoms with Crippen LogP contribution in [-0.4, -0.2) is 45.9 Å². The first-order valence-electron chi connectivity index (χ1n) is 8.48. The van der Waals surface area contributed by atoms with Gasteiger partial charge < -0.3 is 15.7 Å². The summed E-state index contributed by atoms with van der Waals surface area (Å²) in [7, 11) is 0. The molecule has 0 fully saturated rings. The fourth-order valence-corrected chi connectivity index (χ4v) is 2.51. The standard InChI is InChI=1S/C18H26N4O3/c1-12(2)5-4-6-13(3)7-8-19-17(24)15-9-16-18(25)20-10-14(23)11-22(16)21-15/h5,7,9,14,23H,4,6,8,10-11H2,1-3H3,(H,19,24)(H,20,25)/b13-7+. The summed E-state index contributed by atoms with van der Waals surface area (Å²) < 4.78 is 1.38. The predicted octanol–water partition coefficient (Wildman–Crippen LogP) is 1.41. The summed E-state index contributed by atoms with van der Waals surface area (Å²) in [6.45, 7) is 6.97. The van der Waals surface area contributed by atoms with Gasteiger partial charge in [-0.25, -0.2) is 0 Å². The fourth-order valence-electron chi connectivity index (χ4n) is 2.51. The fraction of sp³-hybridized carbons (Fsp3) is 0.500. The van der Waals surface area contributed by atoms with Crippen molar-refractivity contribution in [3.8, 4) is 0 Å². The van der Waals surface area contributed by atoms with Gasteiger partial charge in [-0.1, -0.05) is 23.3 Å². The minimum absolute atomic E-state index is 0.176. The molecular formula is C18H26N4O3. The van der Waals surface area contributed by atoms with Gasteiger partial charge in [0.2, 0.25) is 0 Å². The van der Waals surface area contributed by atoms with Gasteiger partial charge in [-0.2, -0.15) is 5.10 Å². The number of β-amino-alcohol motifs (C(OH)–C–C–N with tert-alkyl or cyclic N) is 1. The van der Waals surface area contributed by atoms with Crippen LogP contribution in [0.2, 0.25) is 0 Å². The number of nitrogens with one attached hydrogen (secondary N) is 2. The number of allylic oxidation sites excluding steroid dienone is 3. The molecule has 3 N–H and O–H groups in total. The molecule has 2 rings (SSSR count). The Hall–Kier alpha value is -2.41. The van der Waals surface area contributed by atoms with Gasteiger partial charge in [-0.15, -0.1) is 0 Å². The first kappa shape index (κ1) is 18.9. The van der Waals surface area contributed by atoms with E-state index in [0.29, 0.717) is 6.54 Å². The number of aromatic nitrogens is 2. The highest BCUT2D eigenvalue weighted by molar-refractivity contribution is 5.98. The number of carbonyl (C=O) groups is 2. The Labute approximate surface area is 147 Å². The highest BCUT2D eigenvalue weighted by Gasteiger charge is 2.23. The molecule has 1 aliphatic heterocycles. The zero-order valence-corrected chi connectivity index (χ0v) is 15.0. The number of hydrogen-bond acceptors (Lipinski definition) is 4. The van der Waals surface area contributed by atoms with Gasteiger partial charge in [0.25, 0.3) is 11.8 Å². The lowest BCUT2D eigenvalue weighted by molar-refractivity contribution is 0.0931. The van der Waals surface area contributed by atoms with E-state index in [1.165, 1.54) is 21.9 Å². The van der Waals surface area contributed by atoms with Gasteiger partial charge in [0, 0.05) is 19.2 Å². The van der Waals surface area contributed by atoms with Gasteiger partial charge >= 0.3 is 0 Å². The van der Waals surface area contributed by atoms with E-state index in [9.17, 15) is 14.7 Å². The molecule has 0 aliphatic carbocycles. The SMILES string of the molecule is CC(C)=CCC/C(C)=C/CNC(=O)c1cc2n(n1)CC(O)CNC2=O. The van der Waals surface area contributed by atoms with Crippen molar-refractivity contribution in [2.24, 2.45) is 0 Å². The Balaban J connectivity index is 1.91. The molecule has 2 heterocycles. The number of amides is 2. The summed E-state index contributed by atoms with van der Waals surface area (Å²) in [5.74, 6) is -0.672. The van der Waals surface area contributed by atoms with Gasteiger partial charge in [-0.05, 0) is 33.6 Å². The maximum absolute atomic E-state index is 12.2. The summed E-state index contributed by atoms with van der Waals surface area (Å²) in [4.78, 5) is 24.1. The Morgan fingerprint density at radius 3 is 2.92 bits per heavy atom. The van der Waals surface area contributed by atoms with E-state index in [1.54, 1.807) is 0 Å². The summed E-state index contributed by atoms with van der Waals surface area (Å²) in [6, 6.07) is 1.45. The third kappa shape index (κ3) is 5.56. The zero-order chi connectivity index (χ0) is 18.4. The van der Waals surface area contributed by atoms with Gasteiger partial charge in [0.05, 0.1) is 12.6 Å². The maximum Gasteiger partial charge on any atom is 0.272 e. The van der Waals surface area contributed by atoms with E-state index >= 15 is 0 Å². The smallest absolute Gasteiger partial charge is 0.272 e. The molecule has 7 heteroatoms. The van der Waals surface area contributed by atoms with Crippen molar-refractivity contribution >= 4 is 11.8 Å². The topological polar surface area (TPSA) is 96.2 Å². The van der Waals surface area contributed by atoms with Crippen molar-refractivity contribution < 1.29 is 14.7 Å². The van der Waals surface area contributed by atoms with Crippen LogP contribution in [0.1, 0.15) is 54.6 Å². The van der Waals surface area contributed by atoms with Crippen LogP contribution < -0.4 is 10.6 Å². The second-order valence-electron chi connectivity index (χ2n) is 6.54. The second-order valence-corrected chi connectivity index (χ2v) is 6.54. The van der Waals surface area contributed by atoms with Crippen LogP contribution in [0.25, 0.3) is 0 Å². The van der Waals surface area contributed by atoms with Crippen molar-refractivity contribution in [2.75, 3.05) is 13.1 Å². The van der Waals surface area contributed by atoms with E-state index in [0.717, 1.165) is 12.8 Å². The highest BCUT2D eigenvalue weighted by Crippen LogP contribution is 2.09. The Morgan fingerprint density at radius 2 is 2.20 bits per heavy atom. The molecule has 1 aliphatic rings. The molecule has 1 aromatic heterocycles. The zero-order valence-electron chi connectivity index (χ0n) is 15.0. The van der Waals surface area contributed by atoms with Crippen molar-refractivity contribution in [2.45, 2.75) is 46.3 Å². The lowest BCUT2D eigenvalue weighted by atomic mass is 10.1. The van der Waals surface area contributed by atoms with Crippen molar-refractivity contribution in [3.63, 3.8) is 0 Å². The molecule has 0 radical (unpaired) electrons. The summed E-state index contributed by atoms with van der Waals surface area (Å²) in [5.41, 5.74) is 2.97. The first-order chi connectivity index (χ1) is 11.9. The number of rotatable bonds is 6. The maximum atomic E-state index is 12.2. The third-order valence-electron chi connectivity index (χ3n) is 3.93. The van der Waals surface area contributed by atoms with Crippen LogP contribution >= 0.6 is 0 Å². The summed E-state index contributed by atoms with van der Waals surface area (Å²) >= 11 is 0. The molecule has 0 saturated carbocycles. The molecule has 1 atom stereocenters. The quantitative estimate of drug-likeness (QED) is 0.679. The molecule has 1 aromatic rings. The highest BCUT2D eigenvalue weighted by atomic mass is 16.3. The number of fused-ring (bicyclic) bond motifs is 1. The van der Waals surface area contributed by atoms with E-state index in [1.807, 2.05) is 13.0 Å². The molecule has 0 saturated heterocycles. The lowest BCUT2D eigenvalue weighted by Crippen LogP contribution is -2.30. The predicted molar refractivity (Wildman–Crippen MR) is 95.3 cm³/mol. The normalized spacial score (nSPS) is 17.4. The Kier molecular flexibility index (Phi) is 6.52. The molecule has 136 valence electrons. The number of aliphatic hydroxyl groups excluding tert-OH is 1. The van der Waals surface area contributed by atoms with Gasteiger partial charge in [-0.3, -0.25) is 14.3 Å². The van der Waals surface area contributed by atoms with Crippen molar-refractivity contribution in [1.82, 2.24) is 20.4 Å². The van der Waals surface area contributed by atoms with Crippen LogP contribution in [0.15, 0.2) is 29.4 Å². The molecule has 7 nitrogen and oxygen atoms in total. The van der Waals surface area contributed by atoms with Gasteiger partial charge in [0.1, 0.15) is 5.69 Å². The van der Waals surface area contributed by atoms with Crippen LogP contribution in [-0.2, 0) is 6.54 Å². The number of aliphatic hydroxyl groups is 1. The third-order valence-corrected chi connectivity index (χ3v) is 3.93. The Morgan fingerprint density at radius 1 is 1.44 bits per heavy atom. The molecule has 25 heavy (non-hydrogen) atoms. The number of hydrogen-bond donors (Lipinski definition) is 3. The monoisotopic (exact) mass is 346 g/mol.